The summed E-state index contributed by atoms with van der Waals surface area (Å²) in [7, 11) is 2.10. The molecule has 4 nitrogen and oxygen atoms in total. The van der Waals surface area contributed by atoms with Crippen LogP contribution in [-0.4, -0.2) is 28.5 Å². The first-order valence-electron chi connectivity index (χ1n) is 8.67. The number of hydrogen-bond donors (Lipinski definition) is 0. The van der Waals surface area contributed by atoms with Crippen LogP contribution in [0.2, 0.25) is 0 Å². The van der Waals surface area contributed by atoms with Gasteiger partial charge in [-0.25, -0.2) is 9.97 Å². The van der Waals surface area contributed by atoms with Crippen molar-refractivity contribution in [3.05, 3.63) is 71.5 Å². The summed E-state index contributed by atoms with van der Waals surface area (Å²) < 4.78 is 0. The molecule has 0 spiro atoms. The van der Waals surface area contributed by atoms with Crippen molar-refractivity contribution >= 4 is 5.82 Å². The SMILES string of the molecule is Cc1nc(-c2ccccn2)nc(N(C)CCCc2ccccc2)c1C. The molecule has 0 aliphatic rings. The molecule has 0 aliphatic carbocycles. The Kier molecular flexibility index (Phi) is 5.39. The van der Waals surface area contributed by atoms with Crippen molar-refractivity contribution in [2.45, 2.75) is 26.7 Å². The first-order chi connectivity index (χ1) is 12.1. The summed E-state index contributed by atoms with van der Waals surface area (Å²) in [5.74, 6) is 1.68. The molecule has 0 saturated carbocycles. The lowest BCUT2D eigenvalue weighted by atomic mass is 10.1. The van der Waals surface area contributed by atoms with E-state index in [1.165, 1.54) is 5.56 Å². The van der Waals surface area contributed by atoms with Gasteiger partial charge in [0.15, 0.2) is 5.82 Å². The van der Waals surface area contributed by atoms with Gasteiger partial charge in [0.1, 0.15) is 11.5 Å². The van der Waals surface area contributed by atoms with Gasteiger partial charge in [0.2, 0.25) is 0 Å². The maximum absolute atomic E-state index is 4.78. The van der Waals surface area contributed by atoms with Crippen molar-refractivity contribution in [1.82, 2.24) is 15.0 Å². The largest absolute Gasteiger partial charge is 0.359 e. The summed E-state index contributed by atoms with van der Waals surface area (Å²) in [5.41, 5.74) is 4.31. The molecule has 1 aromatic carbocycles. The Morgan fingerprint density at radius 2 is 1.68 bits per heavy atom. The Hall–Kier alpha value is -2.75. The number of pyridine rings is 1. The standard InChI is InChI=1S/C21H24N4/c1-16-17(2)23-20(19-13-7-8-14-22-19)24-21(16)25(3)15-9-12-18-10-5-4-6-11-18/h4-8,10-11,13-14H,9,12,15H2,1-3H3. The van der Waals surface area contributed by atoms with Crippen molar-refractivity contribution in [1.29, 1.82) is 0 Å². The van der Waals surface area contributed by atoms with Gasteiger partial charge < -0.3 is 4.90 Å². The molecule has 0 bridgehead atoms. The van der Waals surface area contributed by atoms with Gasteiger partial charge in [0.25, 0.3) is 0 Å². The molecule has 0 aliphatic heterocycles. The average Bonchev–Trinajstić information content (AvgIpc) is 2.65. The predicted molar refractivity (Wildman–Crippen MR) is 103 cm³/mol. The number of benzene rings is 1. The van der Waals surface area contributed by atoms with Gasteiger partial charge in [-0.1, -0.05) is 36.4 Å². The second-order valence-electron chi connectivity index (χ2n) is 6.31. The van der Waals surface area contributed by atoms with E-state index < -0.39 is 0 Å². The average molecular weight is 332 g/mol. The van der Waals surface area contributed by atoms with Crippen LogP contribution >= 0.6 is 0 Å². The van der Waals surface area contributed by atoms with Crippen molar-refractivity contribution in [3.63, 3.8) is 0 Å². The lowest BCUT2D eigenvalue weighted by Crippen LogP contribution is -2.22. The minimum Gasteiger partial charge on any atom is -0.359 e. The number of anilines is 1. The van der Waals surface area contributed by atoms with Gasteiger partial charge >= 0.3 is 0 Å². The minimum atomic E-state index is 0.689. The molecule has 4 heteroatoms. The molecule has 0 fully saturated rings. The minimum absolute atomic E-state index is 0.689. The van der Waals surface area contributed by atoms with Gasteiger partial charge in [0, 0.05) is 31.0 Å². The van der Waals surface area contributed by atoms with E-state index in [9.17, 15) is 0 Å². The smallest absolute Gasteiger partial charge is 0.180 e. The fourth-order valence-electron chi connectivity index (χ4n) is 2.87. The van der Waals surface area contributed by atoms with Crippen LogP contribution < -0.4 is 4.90 Å². The van der Waals surface area contributed by atoms with Gasteiger partial charge in [-0.2, -0.15) is 0 Å². The van der Waals surface area contributed by atoms with Crippen molar-refractivity contribution < 1.29 is 0 Å². The van der Waals surface area contributed by atoms with Gasteiger partial charge in [0.05, 0.1) is 0 Å². The third-order valence-electron chi connectivity index (χ3n) is 4.42. The summed E-state index contributed by atoms with van der Waals surface area (Å²) in [5, 5.41) is 0. The second-order valence-corrected chi connectivity index (χ2v) is 6.31. The summed E-state index contributed by atoms with van der Waals surface area (Å²) in [6.45, 7) is 5.07. The molecule has 3 rings (SSSR count). The third kappa shape index (κ3) is 4.21. The summed E-state index contributed by atoms with van der Waals surface area (Å²) >= 11 is 0. The number of hydrogen-bond acceptors (Lipinski definition) is 4. The zero-order valence-corrected chi connectivity index (χ0v) is 15.1. The first-order valence-corrected chi connectivity index (χ1v) is 8.67. The maximum atomic E-state index is 4.78. The fraction of sp³-hybridized carbons (Fsp3) is 0.286. The van der Waals surface area contributed by atoms with Gasteiger partial charge in [-0.05, 0) is 44.4 Å². The Morgan fingerprint density at radius 3 is 2.40 bits per heavy atom. The third-order valence-corrected chi connectivity index (χ3v) is 4.42. The maximum Gasteiger partial charge on any atom is 0.180 e. The molecule has 0 atom stereocenters. The number of aryl methyl sites for hydroxylation is 2. The summed E-state index contributed by atoms with van der Waals surface area (Å²) in [6, 6.07) is 16.4. The predicted octanol–water partition coefficient (Wildman–Crippen LogP) is 4.22. The zero-order valence-electron chi connectivity index (χ0n) is 15.1. The topological polar surface area (TPSA) is 41.9 Å². The normalized spacial score (nSPS) is 10.7. The van der Waals surface area contributed by atoms with Crippen LogP contribution in [0.4, 0.5) is 5.82 Å². The lowest BCUT2D eigenvalue weighted by molar-refractivity contribution is 0.772. The van der Waals surface area contributed by atoms with Crippen LogP contribution in [0.15, 0.2) is 54.7 Å². The number of nitrogens with zero attached hydrogens (tertiary/aromatic N) is 4. The monoisotopic (exact) mass is 332 g/mol. The van der Waals surface area contributed by atoms with E-state index in [4.69, 9.17) is 4.98 Å². The van der Waals surface area contributed by atoms with Crippen LogP contribution in [0.5, 0.6) is 0 Å². The highest BCUT2D eigenvalue weighted by Gasteiger charge is 2.13. The molecule has 0 saturated heterocycles. The quantitative estimate of drug-likeness (QED) is 0.677. The highest BCUT2D eigenvalue weighted by Crippen LogP contribution is 2.23. The molecule has 0 amide bonds. The molecule has 0 N–H and O–H groups in total. The van der Waals surface area contributed by atoms with E-state index in [1.54, 1.807) is 6.20 Å². The van der Waals surface area contributed by atoms with Crippen molar-refractivity contribution in [3.8, 4) is 11.5 Å². The van der Waals surface area contributed by atoms with Crippen molar-refractivity contribution in [2.24, 2.45) is 0 Å². The number of aromatic nitrogens is 3. The second kappa shape index (κ2) is 7.88. The first kappa shape index (κ1) is 17.1. The highest BCUT2D eigenvalue weighted by atomic mass is 15.2. The molecule has 128 valence electrons. The van der Waals surface area contributed by atoms with E-state index >= 15 is 0 Å². The molecule has 0 unspecified atom stereocenters. The van der Waals surface area contributed by atoms with Crippen molar-refractivity contribution in [2.75, 3.05) is 18.5 Å². The summed E-state index contributed by atoms with van der Waals surface area (Å²) in [4.78, 5) is 16.0. The molecule has 2 aromatic heterocycles. The van der Waals surface area contributed by atoms with E-state index in [0.29, 0.717) is 5.82 Å². The highest BCUT2D eigenvalue weighted by molar-refractivity contribution is 5.56. The Balaban J connectivity index is 1.75. The summed E-state index contributed by atoms with van der Waals surface area (Å²) in [6.07, 6.45) is 3.93. The Labute approximate surface area is 149 Å². The Morgan fingerprint density at radius 1 is 0.920 bits per heavy atom. The molecular formula is C21H24N4. The number of rotatable bonds is 6. The van der Waals surface area contributed by atoms with Crippen LogP contribution in [0.25, 0.3) is 11.5 Å². The van der Waals surface area contributed by atoms with Gasteiger partial charge in [-0.15, -0.1) is 0 Å². The zero-order chi connectivity index (χ0) is 17.6. The van der Waals surface area contributed by atoms with E-state index in [-0.39, 0.29) is 0 Å². The molecule has 3 aromatic rings. The molecule has 0 radical (unpaired) electrons. The van der Waals surface area contributed by atoms with E-state index in [1.807, 2.05) is 25.1 Å². The lowest BCUT2D eigenvalue weighted by Gasteiger charge is -2.21. The molecule has 2 heterocycles. The van der Waals surface area contributed by atoms with E-state index in [2.05, 4.69) is 59.2 Å². The van der Waals surface area contributed by atoms with E-state index in [0.717, 1.165) is 42.2 Å². The molecular weight excluding hydrogens is 308 g/mol. The van der Waals surface area contributed by atoms with Crippen LogP contribution in [0.3, 0.4) is 0 Å². The van der Waals surface area contributed by atoms with Crippen LogP contribution in [0, 0.1) is 13.8 Å². The molecule has 25 heavy (non-hydrogen) atoms. The Bertz CT molecular complexity index is 816. The van der Waals surface area contributed by atoms with Gasteiger partial charge in [-0.3, -0.25) is 4.98 Å². The van der Waals surface area contributed by atoms with Crippen LogP contribution in [-0.2, 0) is 6.42 Å². The van der Waals surface area contributed by atoms with Crippen LogP contribution in [0.1, 0.15) is 23.2 Å². The fourth-order valence-corrected chi connectivity index (χ4v) is 2.87.